The van der Waals surface area contributed by atoms with Gasteiger partial charge in [0.05, 0.1) is 5.69 Å². The van der Waals surface area contributed by atoms with Gasteiger partial charge in [-0.15, -0.1) is 0 Å². The van der Waals surface area contributed by atoms with Crippen LogP contribution in [0.3, 0.4) is 0 Å². The van der Waals surface area contributed by atoms with Gasteiger partial charge in [0.25, 0.3) is 0 Å². The molecule has 5 nitrogen and oxygen atoms in total. The first-order valence-corrected chi connectivity index (χ1v) is 10.7. The minimum absolute atomic E-state index is 0.0607. The number of hydrogen-bond donors (Lipinski definition) is 1. The predicted molar refractivity (Wildman–Crippen MR) is 127 cm³/mol. The number of ketones is 1. The van der Waals surface area contributed by atoms with Gasteiger partial charge in [0, 0.05) is 46.3 Å². The number of carbonyl (C=O) groups is 1. The molecule has 2 aromatic heterocycles. The monoisotopic (exact) mass is 472 g/mol. The summed E-state index contributed by atoms with van der Waals surface area (Å²) in [5, 5.41) is 3.26. The fourth-order valence-corrected chi connectivity index (χ4v) is 4.00. The van der Waals surface area contributed by atoms with E-state index >= 15 is 0 Å². The summed E-state index contributed by atoms with van der Waals surface area (Å²) in [5.74, 6) is 0.530. The molecule has 0 fully saturated rings. The highest BCUT2D eigenvalue weighted by atomic mass is 79.9. The second-order valence-corrected chi connectivity index (χ2v) is 8.31. The number of halogens is 1. The first-order valence-electron chi connectivity index (χ1n) is 9.88. The van der Waals surface area contributed by atoms with Gasteiger partial charge >= 0.3 is 0 Å². The number of hydrogen-bond acceptors (Lipinski definition) is 5. The third-order valence-electron chi connectivity index (χ3n) is 4.89. The third kappa shape index (κ3) is 5.22. The van der Waals surface area contributed by atoms with E-state index < -0.39 is 0 Å². The summed E-state index contributed by atoms with van der Waals surface area (Å²) in [6.07, 6.45) is 5.54. The summed E-state index contributed by atoms with van der Waals surface area (Å²) in [6, 6.07) is 17.4. The largest absolute Gasteiger partial charge is 0.324 e. The number of aryl methyl sites for hydroxylation is 2. The number of pyridine rings is 1. The molecule has 154 valence electrons. The second-order valence-electron chi connectivity index (χ2n) is 7.40. The van der Waals surface area contributed by atoms with E-state index in [0.29, 0.717) is 17.9 Å². The maximum absolute atomic E-state index is 12.9. The van der Waals surface area contributed by atoms with Crippen LogP contribution in [0.4, 0.5) is 11.6 Å². The molecule has 0 aliphatic carbocycles. The van der Waals surface area contributed by atoms with Gasteiger partial charge in [0.1, 0.15) is 0 Å². The van der Waals surface area contributed by atoms with E-state index in [1.54, 1.807) is 18.6 Å². The number of anilines is 2. The van der Waals surface area contributed by atoms with E-state index in [2.05, 4.69) is 36.2 Å². The van der Waals surface area contributed by atoms with Crippen LogP contribution in [0.2, 0.25) is 0 Å². The van der Waals surface area contributed by atoms with Crippen LogP contribution in [0, 0.1) is 13.8 Å². The Morgan fingerprint density at radius 2 is 1.90 bits per heavy atom. The Hall–Kier alpha value is -3.38. The lowest BCUT2D eigenvalue weighted by molar-refractivity contribution is 0.0993. The molecule has 2 aromatic carbocycles. The molecule has 0 spiro atoms. The van der Waals surface area contributed by atoms with Crippen molar-refractivity contribution in [3.8, 4) is 11.3 Å². The van der Waals surface area contributed by atoms with E-state index in [9.17, 15) is 4.79 Å². The van der Waals surface area contributed by atoms with E-state index in [-0.39, 0.29) is 5.78 Å². The van der Waals surface area contributed by atoms with Crippen LogP contribution in [0.1, 0.15) is 27.0 Å². The quantitative estimate of drug-likeness (QED) is 0.344. The number of carbonyl (C=O) groups excluding carboxylic acids is 1. The smallest absolute Gasteiger partial charge is 0.227 e. The highest BCUT2D eigenvalue weighted by molar-refractivity contribution is 9.10. The van der Waals surface area contributed by atoms with E-state index in [0.717, 1.165) is 38.1 Å². The average Bonchev–Trinajstić information content (AvgIpc) is 2.75. The van der Waals surface area contributed by atoms with Crippen molar-refractivity contribution in [2.75, 3.05) is 5.32 Å². The molecule has 4 rings (SSSR count). The number of nitrogens with one attached hydrogen (secondary N) is 1. The molecule has 0 amide bonds. The zero-order chi connectivity index (χ0) is 21.8. The molecule has 0 radical (unpaired) electrons. The van der Waals surface area contributed by atoms with Crippen LogP contribution < -0.4 is 5.32 Å². The fourth-order valence-electron chi connectivity index (χ4n) is 3.35. The molecule has 0 bridgehead atoms. The van der Waals surface area contributed by atoms with Crippen molar-refractivity contribution >= 4 is 33.3 Å². The predicted octanol–water partition coefficient (Wildman–Crippen LogP) is 6.09. The Morgan fingerprint density at radius 1 is 1.03 bits per heavy atom. The maximum atomic E-state index is 12.9. The van der Waals surface area contributed by atoms with E-state index in [1.807, 2.05) is 68.4 Å². The molecule has 0 aliphatic rings. The Bertz CT molecular complexity index is 1220. The van der Waals surface area contributed by atoms with Crippen molar-refractivity contribution in [3.63, 3.8) is 0 Å². The van der Waals surface area contributed by atoms with Gasteiger partial charge in [-0.2, -0.15) is 0 Å². The van der Waals surface area contributed by atoms with Gasteiger partial charge in [-0.1, -0.05) is 34.1 Å². The summed E-state index contributed by atoms with van der Waals surface area (Å²) in [5.41, 5.74) is 6.26. The van der Waals surface area contributed by atoms with Gasteiger partial charge in [-0.25, -0.2) is 9.97 Å². The molecule has 0 unspecified atom stereocenters. The zero-order valence-corrected chi connectivity index (χ0v) is 18.8. The Balaban J connectivity index is 1.56. The number of benzene rings is 2. The normalized spacial score (nSPS) is 10.7. The van der Waals surface area contributed by atoms with Gasteiger partial charge < -0.3 is 5.32 Å². The fraction of sp³-hybridized carbons (Fsp3) is 0.120. The van der Waals surface area contributed by atoms with Gasteiger partial charge in [-0.05, 0) is 66.9 Å². The SMILES string of the molecule is Cc1cc(Br)cc(CC(=O)c2ccc(C)c(Nc3nccc(-c4cccnc4)n3)c2)c1. The van der Waals surface area contributed by atoms with Crippen molar-refractivity contribution < 1.29 is 4.79 Å². The second kappa shape index (κ2) is 9.18. The molecule has 0 aliphatic heterocycles. The number of Topliss-reactive ketones (excluding diaryl/α,β-unsaturated/α-hetero) is 1. The third-order valence-corrected chi connectivity index (χ3v) is 5.34. The molecule has 4 aromatic rings. The molecule has 1 N–H and O–H groups in total. The summed E-state index contributed by atoms with van der Waals surface area (Å²) in [7, 11) is 0. The molecule has 0 atom stereocenters. The molecular formula is C25H21BrN4O. The van der Waals surface area contributed by atoms with Crippen LogP contribution in [-0.2, 0) is 6.42 Å². The Morgan fingerprint density at radius 3 is 2.68 bits per heavy atom. The van der Waals surface area contributed by atoms with E-state index in [4.69, 9.17) is 0 Å². The average molecular weight is 473 g/mol. The summed E-state index contributed by atoms with van der Waals surface area (Å²) < 4.78 is 0.979. The molecule has 0 saturated carbocycles. The lowest BCUT2D eigenvalue weighted by Gasteiger charge is -2.11. The first kappa shape index (κ1) is 20.9. The van der Waals surface area contributed by atoms with Crippen molar-refractivity contribution in [2.45, 2.75) is 20.3 Å². The summed E-state index contributed by atoms with van der Waals surface area (Å²) in [6.45, 7) is 4.01. The van der Waals surface area contributed by atoms with Crippen molar-refractivity contribution in [3.05, 3.63) is 99.9 Å². The zero-order valence-electron chi connectivity index (χ0n) is 17.3. The Labute approximate surface area is 189 Å². The van der Waals surface area contributed by atoms with Crippen LogP contribution in [0.15, 0.2) is 77.7 Å². The maximum Gasteiger partial charge on any atom is 0.227 e. The summed E-state index contributed by atoms with van der Waals surface area (Å²) >= 11 is 3.50. The Kier molecular flexibility index (Phi) is 6.18. The topological polar surface area (TPSA) is 67.8 Å². The number of aromatic nitrogens is 3. The van der Waals surface area contributed by atoms with Crippen LogP contribution >= 0.6 is 15.9 Å². The van der Waals surface area contributed by atoms with Crippen molar-refractivity contribution in [2.24, 2.45) is 0 Å². The molecule has 6 heteroatoms. The van der Waals surface area contributed by atoms with Crippen LogP contribution in [-0.4, -0.2) is 20.7 Å². The van der Waals surface area contributed by atoms with E-state index in [1.165, 1.54) is 0 Å². The van der Waals surface area contributed by atoms with Gasteiger partial charge in [0.15, 0.2) is 5.78 Å². The highest BCUT2D eigenvalue weighted by Crippen LogP contribution is 2.24. The first-order chi connectivity index (χ1) is 15.0. The van der Waals surface area contributed by atoms with Crippen molar-refractivity contribution in [1.29, 1.82) is 0 Å². The van der Waals surface area contributed by atoms with Crippen molar-refractivity contribution in [1.82, 2.24) is 15.0 Å². The summed E-state index contributed by atoms with van der Waals surface area (Å²) in [4.78, 5) is 26.0. The lowest BCUT2D eigenvalue weighted by Crippen LogP contribution is -2.06. The minimum Gasteiger partial charge on any atom is -0.324 e. The molecule has 2 heterocycles. The molecular weight excluding hydrogens is 452 g/mol. The minimum atomic E-state index is 0.0607. The molecule has 0 saturated heterocycles. The number of rotatable bonds is 6. The standard InChI is InChI=1S/C25H21BrN4O/c1-16-10-18(12-21(26)11-16)13-24(31)19-6-5-17(2)23(14-19)30-25-28-9-7-22(29-25)20-4-3-8-27-15-20/h3-12,14-15H,13H2,1-2H3,(H,28,29,30). The van der Waals surface area contributed by atoms with Crippen LogP contribution in [0.25, 0.3) is 11.3 Å². The highest BCUT2D eigenvalue weighted by Gasteiger charge is 2.11. The molecule has 31 heavy (non-hydrogen) atoms. The van der Waals surface area contributed by atoms with Crippen LogP contribution in [0.5, 0.6) is 0 Å². The van der Waals surface area contributed by atoms with Gasteiger partial charge in [-0.3, -0.25) is 9.78 Å². The van der Waals surface area contributed by atoms with Gasteiger partial charge in [0.2, 0.25) is 5.95 Å². The number of nitrogens with zero attached hydrogens (tertiary/aromatic N) is 3. The lowest BCUT2D eigenvalue weighted by atomic mass is 10.00.